The minimum Gasteiger partial charge on any atom is -0.308 e. The van der Waals surface area contributed by atoms with Crippen LogP contribution < -0.4 is 5.32 Å². The molecule has 2 unspecified atom stereocenters. The fourth-order valence-electron chi connectivity index (χ4n) is 3.12. The Morgan fingerprint density at radius 1 is 1.37 bits per heavy atom. The Labute approximate surface area is 117 Å². The standard InChI is InChI=1S/C16H27N3/c1-5-16(6-2)12-19(13(3)11-18-16)14(4)15-7-9-17-10-8-15/h7-10,13-14,18H,5-6,11-12H2,1-4H3. The van der Waals surface area contributed by atoms with Gasteiger partial charge in [0.15, 0.2) is 0 Å². The van der Waals surface area contributed by atoms with Crippen molar-refractivity contribution in [3.63, 3.8) is 0 Å². The molecule has 106 valence electrons. The Morgan fingerprint density at radius 3 is 2.58 bits per heavy atom. The summed E-state index contributed by atoms with van der Waals surface area (Å²) in [5, 5.41) is 3.76. The fraction of sp³-hybridized carbons (Fsp3) is 0.688. The highest BCUT2D eigenvalue weighted by Crippen LogP contribution is 2.29. The van der Waals surface area contributed by atoms with Gasteiger partial charge in [0.2, 0.25) is 0 Å². The molecule has 0 radical (unpaired) electrons. The Kier molecular flexibility index (Phi) is 4.58. The highest BCUT2D eigenvalue weighted by atomic mass is 15.3. The lowest BCUT2D eigenvalue weighted by atomic mass is 9.87. The molecule has 1 saturated heterocycles. The smallest absolute Gasteiger partial charge is 0.0325 e. The van der Waals surface area contributed by atoms with E-state index in [1.165, 1.54) is 18.4 Å². The van der Waals surface area contributed by atoms with Gasteiger partial charge < -0.3 is 5.32 Å². The highest BCUT2D eigenvalue weighted by molar-refractivity contribution is 5.15. The maximum Gasteiger partial charge on any atom is 0.0325 e. The van der Waals surface area contributed by atoms with Crippen molar-refractivity contribution >= 4 is 0 Å². The molecule has 0 bridgehead atoms. The van der Waals surface area contributed by atoms with Crippen LogP contribution in [0.3, 0.4) is 0 Å². The lowest BCUT2D eigenvalue weighted by Crippen LogP contribution is -2.63. The zero-order valence-electron chi connectivity index (χ0n) is 12.7. The number of aromatic nitrogens is 1. The zero-order chi connectivity index (χ0) is 13.9. The first kappa shape index (κ1) is 14.5. The SMILES string of the molecule is CCC1(CC)CN(C(C)c2ccncc2)C(C)CN1. The van der Waals surface area contributed by atoms with Gasteiger partial charge in [0.1, 0.15) is 0 Å². The molecule has 1 fully saturated rings. The van der Waals surface area contributed by atoms with Gasteiger partial charge in [-0.1, -0.05) is 13.8 Å². The number of rotatable bonds is 4. The molecule has 1 aromatic heterocycles. The van der Waals surface area contributed by atoms with Crippen LogP contribution in [0, 0.1) is 0 Å². The van der Waals surface area contributed by atoms with E-state index in [-0.39, 0.29) is 5.54 Å². The van der Waals surface area contributed by atoms with Crippen molar-refractivity contribution in [2.75, 3.05) is 13.1 Å². The lowest BCUT2D eigenvalue weighted by molar-refractivity contribution is 0.0496. The van der Waals surface area contributed by atoms with Gasteiger partial charge in [-0.15, -0.1) is 0 Å². The van der Waals surface area contributed by atoms with Crippen molar-refractivity contribution < 1.29 is 0 Å². The normalized spacial score (nSPS) is 25.2. The number of hydrogen-bond acceptors (Lipinski definition) is 3. The summed E-state index contributed by atoms with van der Waals surface area (Å²) in [6.07, 6.45) is 6.17. The zero-order valence-corrected chi connectivity index (χ0v) is 12.7. The third-order valence-electron chi connectivity index (χ3n) is 4.86. The van der Waals surface area contributed by atoms with Crippen molar-refractivity contribution in [1.82, 2.24) is 15.2 Å². The second-order valence-corrected chi connectivity index (χ2v) is 5.85. The molecule has 1 aliphatic rings. The van der Waals surface area contributed by atoms with Crippen LogP contribution in [0.1, 0.15) is 52.1 Å². The third-order valence-corrected chi connectivity index (χ3v) is 4.86. The minimum absolute atomic E-state index is 0.286. The number of pyridine rings is 1. The summed E-state index contributed by atoms with van der Waals surface area (Å²) >= 11 is 0. The summed E-state index contributed by atoms with van der Waals surface area (Å²) < 4.78 is 0. The van der Waals surface area contributed by atoms with Gasteiger partial charge in [-0.3, -0.25) is 9.88 Å². The van der Waals surface area contributed by atoms with Gasteiger partial charge >= 0.3 is 0 Å². The van der Waals surface area contributed by atoms with Gasteiger partial charge in [0.05, 0.1) is 0 Å². The van der Waals surface area contributed by atoms with E-state index in [1.807, 2.05) is 12.4 Å². The highest BCUT2D eigenvalue weighted by Gasteiger charge is 2.37. The Morgan fingerprint density at radius 2 is 2.00 bits per heavy atom. The van der Waals surface area contributed by atoms with Crippen molar-refractivity contribution in [2.24, 2.45) is 0 Å². The van der Waals surface area contributed by atoms with Crippen LogP contribution in [-0.2, 0) is 0 Å². The van der Waals surface area contributed by atoms with Gasteiger partial charge in [-0.05, 0) is 44.4 Å². The van der Waals surface area contributed by atoms with E-state index in [2.05, 4.69) is 55.0 Å². The van der Waals surface area contributed by atoms with E-state index in [9.17, 15) is 0 Å². The van der Waals surface area contributed by atoms with Crippen molar-refractivity contribution in [3.05, 3.63) is 30.1 Å². The van der Waals surface area contributed by atoms with Gasteiger partial charge in [-0.2, -0.15) is 0 Å². The van der Waals surface area contributed by atoms with Crippen LogP contribution in [-0.4, -0.2) is 34.6 Å². The largest absolute Gasteiger partial charge is 0.308 e. The average Bonchev–Trinajstić information content (AvgIpc) is 2.48. The van der Waals surface area contributed by atoms with E-state index in [0.29, 0.717) is 12.1 Å². The third kappa shape index (κ3) is 2.98. The maximum absolute atomic E-state index is 4.12. The molecule has 1 aliphatic heterocycles. The second-order valence-electron chi connectivity index (χ2n) is 5.85. The van der Waals surface area contributed by atoms with Crippen LogP contribution >= 0.6 is 0 Å². The molecular weight excluding hydrogens is 234 g/mol. The first-order valence-corrected chi connectivity index (χ1v) is 7.52. The molecule has 2 rings (SSSR count). The summed E-state index contributed by atoms with van der Waals surface area (Å²) in [5.41, 5.74) is 1.65. The molecule has 0 saturated carbocycles. The van der Waals surface area contributed by atoms with E-state index in [1.54, 1.807) is 0 Å². The minimum atomic E-state index is 0.286. The summed E-state index contributed by atoms with van der Waals surface area (Å²) in [5.74, 6) is 0. The van der Waals surface area contributed by atoms with Crippen LogP contribution in [0.15, 0.2) is 24.5 Å². The average molecular weight is 261 g/mol. The molecule has 3 heteroatoms. The van der Waals surface area contributed by atoms with Crippen LogP contribution in [0.4, 0.5) is 0 Å². The summed E-state index contributed by atoms with van der Waals surface area (Å²) in [7, 11) is 0. The molecule has 1 aromatic rings. The molecule has 0 spiro atoms. The van der Waals surface area contributed by atoms with Gasteiger partial charge in [-0.25, -0.2) is 0 Å². The van der Waals surface area contributed by atoms with E-state index in [0.717, 1.165) is 13.1 Å². The predicted molar refractivity (Wildman–Crippen MR) is 80.1 cm³/mol. The summed E-state index contributed by atoms with van der Waals surface area (Å²) in [6, 6.07) is 5.31. The maximum atomic E-state index is 4.12. The fourth-order valence-corrected chi connectivity index (χ4v) is 3.12. The summed E-state index contributed by atoms with van der Waals surface area (Å²) in [4.78, 5) is 6.76. The number of nitrogens with zero attached hydrogens (tertiary/aromatic N) is 2. The monoisotopic (exact) mass is 261 g/mol. The number of piperazine rings is 1. The van der Waals surface area contributed by atoms with E-state index >= 15 is 0 Å². The first-order valence-electron chi connectivity index (χ1n) is 7.52. The quantitative estimate of drug-likeness (QED) is 0.903. The van der Waals surface area contributed by atoms with Gasteiger partial charge in [0, 0.05) is 43.1 Å². The molecule has 1 N–H and O–H groups in total. The van der Waals surface area contributed by atoms with Gasteiger partial charge in [0.25, 0.3) is 0 Å². The van der Waals surface area contributed by atoms with Crippen LogP contribution in [0.25, 0.3) is 0 Å². The summed E-state index contributed by atoms with van der Waals surface area (Å²) in [6.45, 7) is 11.4. The predicted octanol–water partition coefficient (Wildman–Crippen LogP) is 3.00. The molecule has 19 heavy (non-hydrogen) atoms. The molecule has 0 aromatic carbocycles. The molecule has 2 atom stereocenters. The van der Waals surface area contributed by atoms with Crippen LogP contribution in [0.2, 0.25) is 0 Å². The first-order chi connectivity index (χ1) is 9.12. The Bertz CT molecular complexity index is 386. The molecular formula is C16H27N3. The Balaban J connectivity index is 2.17. The van der Waals surface area contributed by atoms with Crippen molar-refractivity contribution in [3.8, 4) is 0 Å². The molecule has 0 aliphatic carbocycles. The Hall–Kier alpha value is -0.930. The van der Waals surface area contributed by atoms with Crippen molar-refractivity contribution in [1.29, 1.82) is 0 Å². The molecule has 3 nitrogen and oxygen atoms in total. The van der Waals surface area contributed by atoms with E-state index in [4.69, 9.17) is 0 Å². The van der Waals surface area contributed by atoms with Crippen LogP contribution in [0.5, 0.6) is 0 Å². The lowest BCUT2D eigenvalue weighted by Gasteiger charge is -2.49. The van der Waals surface area contributed by atoms with E-state index < -0.39 is 0 Å². The molecule has 2 heterocycles. The number of nitrogens with one attached hydrogen (secondary N) is 1. The topological polar surface area (TPSA) is 28.2 Å². The second kappa shape index (κ2) is 6.02. The van der Waals surface area contributed by atoms with Crippen molar-refractivity contribution in [2.45, 2.75) is 58.2 Å². The number of hydrogen-bond donors (Lipinski definition) is 1. The molecule has 0 amide bonds.